The van der Waals surface area contributed by atoms with E-state index in [1.807, 2.05) is 12.1 Å². The normalized spacial score (nSPS) is 18.1. The molecule has 1 aromatic carbocycles. The van der Waals surface area contributed by atoms with Crippen LogP contribution in [0, 0.1) is 11.8 Å². The summed E-state index contributed by atoms with van der Waals surface area (Å²) in [7, 11) is 0. The number of benzene rings is 1. The van der Waals surface area contributed by atoms with Crippen LogP contribution in [0.1, 0.15) is 12.8 Å². The monoisotopic (exact) mass is 411 g/mol. The SMILES string of the molecule is O=C(CSc1cccc(NC(=O)C2CC=CCC2C(=O)O)c1)Nc1ccccn1. The highest BCUT2D eigenvalue weighted by Gasteiger charge is 2.33. The number of nitrogens with one attached hydrogen (secondary N) is 2. The van der Waals surface area contributed by atoms with Gasteiger partial charge >= 0.3 is 5.97 Å². The Kier molecular flexibility index (Phi) is 7.02. The first kappa shape index (κ1) is 20.6. The molecule has 0 saturated carbocycles. The number of carboxylic acid groups (broad SMARTS) is 1. The van der Waals surface area contributed by atoms with Crippen molar-refractivity contribution in [1.82, 2.24) is 4.98 Å². The van der Waals surface area contributed by atoms with E-state index in [1.165, 1.54) is 11.8 Å². The second-order valence-corrected chi connectivity index (χ2v) is 7.61. The van der Waals surface area contributed by atoms with Gasteiger partial charge in [-0.3, -0.25) is 14.4 Å². The Morgan fingerprint density at radius 2 is 1.83 bits per heavy atom. The Bertz CT molecular complexity index is 917. The first-order valence-electron chi connectivity index (χ1n) is 9.15. The maximum Gasteiger partial charge on any atom is 0.307 e. The van der Waals surface area contributed by atoms with E-state index in [0.717, 1.165) is 4.90 Å². The molecule has 3 rings (SSSR count). The third-order valence-corrected chi connectivity index (χ3v) is 5.48. The topological polar surface area (TPSA) is 108 Å². The summed E-state index contributed by atoms with van der Waals surface area (Å²) < 4.78 is 0. The number of aliphatic carboxylic acids is 1. The largest absolute Gasteiger partial charge is 0.481 e. The fourth-order valence-electron chi connectivity index (χ4n) is 3.04. The van der Waals surface area contributed by atoms with Gasteiger partial charge in [-0.05, 0) is 43.2 Å². The molecule has 0 fully saturated rings. The third-order valence-electron chi connectivity index (χ3n) is 4.49. The van der Waals surface area contributed by atoms with Gasteiger partial charge in [0.25, 0.3) is 0 Å². The van der Waals surface area contributed by atoms with Gasteiger partial charge in [0, 0.05) is 16.8 Å². The summed E-state index contributed by atoms with van der Waals surface area (Å²) in [6.07, 6.45) is 6.01. The number of pyridine rings is 1. The number of nitrogens with zero attached hydrogens (tertiary/aromatic N) is 1. The third kappa shape index (κ3) is 5.92. The summed E-state index contributed by atoms with van der Waals surface area (Å²) in [5, 5.41) is 14.9. The van der Waals surface area contributed by atoms with Gasteiger partial charge in [-0.1, -0.05) is 24.3 Å². The molecule has 0 spiro atoms. The van der Waals surface area contributed by atoms with Crippen LogP contribution in [0.15, 0.2) is 65.7 Å². The van der Waals surface area contributed by atoms with Crippen LogP contribution < -0.4 is 10.6 Å². The van der Waals surface area contributed by atoms with Gasteiger partial charge in [0.15, 0.2) is 0 Å². The van der Waals surface area contributed by atoms with E-state index in [1.54, 1.807) is 48.7 Å². The van der Waals surface area contributed by atoms with Crippen molar-refractivity contribution in [2.45, 2.75) is 17.7 Å². The van der Waals surface area contributed by atoms with Crippen LogP contribution >= 0.6 is 11.8 Å². The zero-order valence-electron chi connectivity index (χ0n) is 15.6. The zero-order chi connectivity index (χ0) is 20.6. The smallest absolute Gasteiger partial charge is 0.307 e. The molecule has 0 aliphatic heterocycles. The number of allylic oxidation sites excluding steroid dienone is 2. The lowest BCUT2D eigenvalue weighted by Crippen LogP contribution is -2.34. The molecular formula is C21H21N3O4S. The second kappa shape index (κ2) is 9.88. The Labute approximate surface area is 172 Å². The van der Waals surface area contributed by atoms with Gasteiger partial charge in [-0.15, -0.1) is 11.8 Å². The standard InChI is InChI=1S/C21H21N3O4S/c25-19(24-18-10-3-4-11-22-18)13-29-15-7-5-6-14(12-15)23-20(26)16-8-1-2-9-17(16)21(27)28/h1-7,10-12,16-17H,8-9,13H2,(H,23,26)(H,27,28)(H,22,24,25). The number of amides is 2. The molecule has 8 heteroatoms. The first-order valence-corrected chi connectivity index (χ1v) is 10.1. The van der Waals surface area contributed by atoms with Crippen molar-refractivity contribution < 1.29 is 19.5 Å². The maximum atomic E-state index is 12.6. The number of aromatic nitrogens is 1. The van der Waals surface area contributed by atoms with E-state index >= 15 is 0 Å². The van der Waals surface area contributed by atoms with Crippen LogP contribution in [0.25, 0.3) is 0 Å². The van der Waals surface area contributed by atoms with Gasteiger partial charge in [0.1, 0.15) is 5.82 Å². The molecular weight excluding hydrogens is 390 g/mol. The highest BCUT2D eigenvalue weighted by Crippen LogP contribution is 2.28. The number of hydrogen-bond acceptors (Lipinski definition) is 5. The number of hydrogen-bond donors (Lipinski definition) is 3. The lowest BCUT2D eigenvalue weighted by molar-refractivity contribution is -0.146. The van der Waals surface area contributed by atoms with Crippen LogP contribution in [0.5, 0.6) is 0 Å². The van der Waals surface area contributed by atoms with E-state index in [9.17, 15) is 19.5 Å². The van der Waals surface area contributed by atoms with Gasteiger partial charge in [-0.2, -0.15) is 0 Å². The molecule has 29 heavy (non-hydrogen) atoms. The minimum Gasteiger partial charge on any atom is -0.481 e. The molecule has 3 N–H and O–H groups in total. The summed E-state index contributed by atoms with van der Waals surface area (Å²) in [4.78, 5) is 40.9. The van der Waals surface area contributed by atoms with Crippen molar-refractivity contribution in [3.63, 3.8) is 0 Å². The summed E-state index contributed by atoms with van der Waals surface area (Å²) in [6.45, 7) is 0. The minimum absolute atomic E-state index is 0.179. The number of carbonyl (C=O) groups excluding carboxylic acids is 2. The Morgan fingerprint density at radius 3 is 2.55 bits per heavy atom. The predicted octanol–water partition coefficient (Wildman–Crippen LogP) is 3.42. The van der Waals surface area contributed by atoms with Crippen molar-refractivity contribution in [3.8, 4) is 0 Å². The second-order valence-electron chi connectivity index (χ2n) is 6.56. The van der Waals surface area contributed by atoms with Gasteiger partial charge in [0.05, 0.1) is 17.6 Å². The average Bonchev–Trinajstić information content (AvgIpc) is 2.73. The van der Waals surface area contributed by atoms with E-state index < -0.39 is 17.8 Å². The molecule has 0 radical (unpaired) electrons. The van der Waals surface area contributed by atoms with Crippen molar-refractivity contribution in [3.05, 3.63) is 60.8 Å². The zero-order valence-corrected chi connectivity index (χ0v) is 16.4. The predicted molar refractivity (Wildman–Crippen MR) is 112 cm³/mol. The summed E-state index contributed by atoms with van der Waals surface area (Å²) in [5.41, 5.74) is 0.573. The molecule has 2 unspecified atom stereocenters. The fourth-order valence-corrected chi connectivity index (χ4v) is 3.80. The number of carboxylic acids is 1. The van der Waals surface area contributed by atoms with Crippen LogP contribution in [-0.4, -0.2) is 33.6 Å². The summed E-state index contributed by atoms with van der Waals surface area (Å²) in [6, 6.07) is 12.4. The molecule has 0 saturated heterocycles. The number of carbonyl (C=O) groups is 3. The molecule has 2 amide bonds. The number of thioether (sulfide) groups is 1. The van der Waals surface area contributed by atoms with E-state index in [0.29, 0.717) is 24.3 Å². The summed E-state index contributed by atoms with van der Waals surface area (Å²) >= 11 is 1.33. The molecule has 1 aliphatic carbocycles. The van der Waals surface area contributed by atoms with Crippen molar-refractivity contribution in [1.29, 1.82) is 0 Å². The van der Waals surface area contributed by atoms with Crippen molar-refractivity contribution >= 4 is 41.1 Å². The van der Waals surface area contributed by atoms with Crippen LogP contribution in [0.3, 0.4) is 0 Å². The molecule has 0 bridgehead atoms. The molecule has 1 aromatic heterocycles. The fraction of sp³-hybridized carbons (Fsp3) is 0.238. The average molecular weight is 411 g/mol. The lowest BCUT2D eigenvalue weighted by atomic mass is 9.82. The molecule has 7 nitrogen and oxygen atoms in total. The molecule has 2 atom stereocenters. The maximum absolute atomic E-state index is 12.6. The highest BCUT2D eigenvalue weighted by molar-refractivity contribution is 8.00. The number of anilines is 2. The lowest BCUT2D eigenvalue weighted by Gasteiger charge is -2.24. The van der Waals surface area contributed by atoms with Gasteiger partial charge in [-0.25, -0.2) is 4.98 Å². The Balaban J connectivity index is 1.56. The van der Waals surface area contributed by atoms with E-state index in [2.05, 4.69) is 15.6 Å². The van der Waals surface area contributed by atoms with Gasteiger partial charge < -0.3 is 15.7 Å². The van der Waals surface area contributed by atoms with Crippen LogP contribution in [0.2, 0.25) is 0 Å². The Hall–Kier alpha value is -3.13. The quantitative estimate of drug-likeness (QED) is 0.476. The van der Waals surface area contributed by atoms with Crippen molar-refractivity contribution in [2.75, 3.05) is 16.4 Å². The van der Waals surface area contributed by atoms with E-state index in [-0.39, 0.29) is 17.6 Å². The molecule has 150 valence electrons. The van der Waals surface area contributed by atoms with E-state index in [4.69, 9.17) is 0 Å². The number of rotatable bonds is 7. The molecule has 1 aliphatic rings. The Morgan fingerprint density at radius 1 is 1.03 bits per heavy atom. The molecule has 2 aromatic rings. The first-order chi connectivity index (χ1) is 14.0. The minimum atomic E-state index is -0.960. The van der Waals surface area contributed by atoms with Crippen LogP contribution in [0.4, 0.5) is 11.5 Å². The highest BCUT2D eigenvalue weighted by atomic mass is 32.2. The molecule has 1 heterocycles. The van der Waals surface area contributed by atoms with Crippen LogP contribution in [-0.2, 0) is 14.4 Å². The summed E-state index contributed by atoms with van der Waals surface area (Å²) in [5.74, 6) is -2.07. The van der Waals surface area contributed by atoms with Gasteiger partial charge in [0.2, 0.25) is 11.8 Å². The van der Waals surface area contributed by atoms with Crippen molar-refractivity contribution in [2.24, 2.45) is 11.8 Å².